The van der Waals surface area contributed by atoms with E-state index < -0.39 is 6.04 Å². The lowest BCUT2D eigenvalue weighted by atomic mass is 10.0. The molecule has 0 unspecified atom stereocenters. The van der Waals surface area contributed by atoms with Gasteiger partial charge in [0.1, 0.15) is 24.3 Å². The maximum Gasteiger partial charge on any atom is 0.251 e. The molecule has 0 spiro atoms. The number of rotatable bonds is 11. The minimum absolute atomic E-state index is 0.0410. The van der Waals surface area contributed by atoms with Crippen molar-refractivity contribution >= 4 is 29.0 Å². The summed E-state index contributed by atoms with van der Waals surface area (Å²) in [6, 6.07) is 28.0. The number of benzene rings is 4. The molecule has 9 heteroatoms. The number of hydrogen-bond acceptors (Lipinski definition) is 6. The molecular weight excluding hydrogens is 492 g/mol. The Balaban J connectivity index is 1.61. The van der Waals surface area contributed by atoms with E-state index >= 15 is 0 Å². The molecule has 4 aromatic carbocycles. The number of methoxy groups -OCH3 is 1. The molecule has 198 valence electrons. The van der Waals surface area contributed by atoms with Crippen LogP contribution in [0.2, 0.25) is 0 Å². The zero-order valence-corrected chi connectivity index (χ0v) is 21.4. The number of carbonyl (C=O) groups excluding carboxylic acids is 1. The molecule has 0 bridgehead atoms. The van der Waals surface area contributed by atoms with E-state index in [-0.39, 0.29) is 17.6 Å². The average Bonchev–Trinajstić information content (AvgIpc) is 2.95. The van der Waals surface area contributed by atoms with Crippen molar-refractivity contribution in [1.29, 1.82) is 10.8 Å². The monoisotopic (exact) mass is 522 g/mol. The van der Waals surface area contributed by atoms with Crippen LogP contribution in [0.1, 0.15) is 28.3 Å². The van der Waals surface area contributed by atoms with E-state index in [0.717, 1.165) is 5.56 Å². The van der Waals surface area contributed by atoms with Crippen LogP contribution in [0.25, 0.3) is 0 Å². The summed E-state index contributed by atoms with van der Waals surface area (Å²) in [7, 11) is 1.55. The summed E-state index contributed by atoms with van der Waals surface area (Å²) in [6.45, 7) is 0.372. The fourth-order valence-electron chi connectivity index (χ4n) is 3.88. The number of anilines is 2. The van der Waals surface area contributed by atoms with Gasteiger partial charge in [0.05, 0.1) is 7.11 Å². The predicted molar refractivity (Wildman–Crippen MR) is 154 cm³/mol. The Bertz CT molecular complexity index is 1450. The third-order valence-corrected chi connectivity index (χ3v) is 5.99. The van der Waals surface area contributed by atoms with Gasteiger partial charge in [-0.1, -0.05) is 36.4 Å². The van der Waals surface area contributed by atoms with E-state index in [9.17, 15) is 4.79 Å². The normalized spacial score (nSPS) is 11.2. The van der Waals surface area contributed by atoms with Gasteiger partial charge < -0.3 is 31.6 Å². The first-order valence-corrected chi connectivity index (χ1v) is 12.1. The second kappa shape index (κ2) is 12.3. The van der Waals surface area contributed by atoms with E-state index in [0.29, 0.717) is 46.2 Å². The lowest BCUT2D eigenvalue weighted by molar-refractivity contribution is -0.117. The lowest BCUT2D eigenvalue weighted by Gasteiger charge is -2.22. The summed E-state index contributed by atoms with van der Waals surface area (Å²) in [5.41, 5.74) is 15.1. The maximum absolute atomic E-state index is 13.5. The van der Waals surface area contributed by atoms with Crippen molar-refractivity contribution < 1.29 is 14.3 Å². The number of nitrogen functional groups attached to an aromatic ring is 2. The van der Waals surface area contributed by atoms with Crippen LogP contribution in [0.5, 0.6) is 11.5 Å². The Hall–Kier alpha value is -5.31. The standard InChI is InChI=1S/C30H30N6O3/c1-38-26-17-22(11-16-25(26)39-18-19-5-3-2-4-6-19)27(35-23-12-7-20(8-13-23)28(31)32)30(37)36-24-14-9-21(10-15-24)29(33)34/h2-17,27,35H,18H2,1H3,(H3,31,32)(H3,33,34)(H,36,37)/t27-/m0/s1. The smallest absolute Gasteiger partial charge is 0.251 e. The van der Waals surface area contributed by atoms with Crippen molar-refractivity contribution in [3.63, 3.8) is 0 Å². The predicted octanol–water partition coefficient (Wildman–Crippen LogP) is 4.63. The minimum atomic E-state index is -0.808. The summed E-state index contributed by atoms with van der Waals surface area (Å²) < 4.78 is 11.6. The van der Waals surface area contributed by atoms with Crippen LogP contribution in [-0.2, 0) is 11.4 Å². The van der Waals surface area contributed by atoms with Gasteiger partial charge >= 0.3 is 0 Å². The van der Waals surface area contributed by atoms with Crippen LogP contribution in [0.4, 0.5) is 11.4 Å². The fraction of sp³-hybridized carbons (Fsp3) is 0.100. The average molecular weight is 523 g/mol. The first-order chi connectivity index (χ1) is 18.8. The Morgan fingerprint density at radius 2 is 1.38 bits per heavy atom. The van der Waals surface area contributed by atoms with E-state index in [2.05, 4.69) is 10.6 Å². The molecule has 0 aliphatic heterocycles. The summed E-state index contributed by atoms with van der Waals surface area (Å²) in [4.78, 5) is 13.5. The molecule has 1 amide bonds. The molecule has 39 heavy (non-hydrogen) atoms. The number of nitrogens with one attached hydrogen (secondary N) is 4. The molecule has 0 heterocycles. The van der Waals surface area contributed by atoms with Crippen molar-refractivity contribution in [2.75, 3.05) is 17.7 Å². The molecule has 0 aromatic heterocycles. The highest BCUT2D eigenvalue weighted by Gasteiger charge is 2.23. The van der Waals surface area contributed by atoms with Crippen molar-refractivity contribution in [2.45, 2.75) is 12.6 Å². The van der Waals surface area contributed by atoms with Gasteiger partial charge in [0, 0.05) is 22.5 Å². The molecule has 4 rings (SSSR count). The SMILES string of the molecule is COc1cc([C@H](Nc2ccc(C(=N)N)cc2)C(=O)Nc2ccc(C(=N)N)cc2)ccc1OCc1ccccc1. The Labute approximate surface area is 226 Å². The second-order valence-corrected chi connectivity index (χ2v) is 8.73. The molecule has 0 aliphatic carbocycles. The highest BCUT2D eigenvalue weighted by Crippen LogP contribution is 2.33. The van der Waals surface area contributed by atoms with E-state index in [4.69, 9.17) is 31.8 Å². The second-order valence-electron chi connectivity index (χ2n) is 8.73. The van der Waals surface area contributed by atoms with Gasteiger partial charge in [-0.3, -0.25) is 15.6 Å². The fourth-order valence-corrected chi connectivity index (χ4v) is 3.88. The number of ether oxygens (including phenoxy) is 2. The van der Waals surface area contributed by atoms with Crippen LogP contribution in [0.15, 0.2) is 97.1 Å². The van der Waals surface area contributed by atoms with Gasteiger partial charge in [0.2, 0.25) is 0 Å². The highest BCUT2D eigenvalue weighted by molar-refractivity contribution is 5.99. The minimum Gasteiger partial charge on any atom is -0.493 e. The number of hydrogen-bond donors (Lipinski definition) is 6. The van der Waals surface area contributed by atoms with E-state index in [1.807, 2.05) is 36.4 Å². The molecular formula is C30H30N6O3. The highest BCUT2D eigenvalue weighted by atomic mass is 16.5. The van der Waals surface area contributed by atoms with Crippen LogP contribution >= 0.6 is 0 Å². The van der Waals surface area contributed by atoms with Gasteiger partial charge in [-0.2, -0.15) is 0 Å². The summed E-state index contributed by atoms with van der Waals surface area (Å²) >= 11 is 0. The zero-order valence-electron chi connectivity index (χ0n) is 21.4. The number of amides is 1. The van der Waals surface area contributed by atoms with Crippen LogP contribution in [-0.4, -0.2) is 24.7 Å². The quantitative estimate of drug-likeness (QED) is 0.124. The molecule has 0 aliphatic rings. The molecule has 0 saturated heterocycles. The van der Waals surface area contributed by atoms with Crippen molar-refractivity contribution in [3.05, 3.63) is 119 Å². The first kappa shape index (κ1) is 26.7. The van der Waals surface area contributed by atoms with Crippen molar-refractivity contribution in [1.82, 2.24) is 0 Å². The number of amidine groups is 2. The van der Waals surface area contributed by atoms with Crippen LogP contribution in [0.3, 0.4) is 0 Å². The number of nitrogens with two attached hydrogens (primary N) is 2. The topological polar surface area (TPSA) is 159 Å². The molecule has 0 fully saturated rings. The zero-order chi connectivity index (χ0) is 27.8. The lowest BCUT2D eigenvalue weighted by Crippen LogP contribution is -2.27. The van der Waals surface area contributed by atoms with Crippen LogP contribution < -0.4 is 31.6 Å². The van der Waals surface area contributed by atoms with Gasteiger partial charge in [0.25, 0.3) is 5.91 Å². The molecule has 1 atom stereocenters. The molecule has 0 saturated carbocycles. The third kappa shape index (κ3) is 6.92. The van der Waals surface area contributed by atoms with Gasteiger partial charge in [-0.25, -0.2) is 0 Å². The van der Waals surface area contributed by atoms with Gasteiger partial charge in [-0.05, 0) is 71.8 Å². The van der Waals surface area contributed by atoms with Crippen molar-refractivity contribution in [2.24, 2.45) is 11.5 Å². The maximum atomic E-state index is 13.5. The van der Waals surface area contributed by atoms with Gasteiger partial charge in [0.15, 0.2) is 11.5 Å². The summed E-state index contributed by atoms with van der Waals surface area (Å²) in [5.74, 6) is 0.626. The molecule has 4 aromatic rings. The van der Waals surface area contributed by atoms with Gasteiger partial charge in [-0.15, -0.1) is 0 Å². The Morgan fingerprint density at radius 1 is 0.795 bits per heavy atom. The third-order valence-electron chi connectivity index (χ3n) is 5.99. The molecule has 9 nitrogen and oxygen atoms in total. The summed E-state index contributed by atoms with van der Waals surface area (Å²) in [5, 5.41) is 21.4. The Morgan fingerprint density at radius 3 is 1.95 bits per heavy atom. The van der Waals surface area contributed by atoms with E-state index in [1.165, 1.54) is 0 Å². The first-order valence-electron chi connectivity index (χ1n) is 12.1. The molecule has 8 N–H and O–H groups in total. The molecule has 0 radical (unpaired) electrons. The van der Waals surface area contributed by atoms with Crippen molar-refractivity contribution in [3.8, 4) is 11.5 Å². The summed E-state index contributed by atoms with van der Waals surface area (Å²) in [6.07, 6.45) is 0. The largest absolute Gasteiger partial charge is 0.493 e. The van der Waals surface area contributed by atoms with Crippen LogP contribution in [0, 0.1) is 10.8 Å². The Kier molecular flexibility index (Phi) is 8.43. The van der Waals surface area contributed by atoms with E-state index in [1.54, 1.807) is 67.8 Å². The number of carbonyl (C=O) groups is 1.